The first kappa shape index (κ1) is 12.4. The number of aromatic nitrogens is 2. The Morgan fingerprint density at radius 2 is 2.24 bits per heavy atom. The van der Waals surface area contributed by atoms with Gasteiger partial charge in [-0.2, -0.15) is 5.10 Å². The molecule has 0 spiro atoms. The molecule has 0 radical (unpaired) electrons. The summed E-state index contributed by atoms with van der Waals surface area (Å²) in [5.74, 6) is 0. The van der Waals surface area contributed by atoms with Gasteiger partial charge in [-0.15, -0.1) is 0 Å². The predicted molar refractivity (Wildman–Crippen MR) is 71.9 cm³/mol. The van der Waals surface area contributed by atoms with Crippen LogP contribution in [0, 0.1) is 0 Å². The lowest BCUT2D eigenvalue weighted by atomic mass is 10.1. The third-order valence-corrected chi connectivity index (χ3v) is 3.17. The minimum Gasteiger partial charge on any atom is -0.396 e. The highest BCUT2D eigenvalue weighted by atomic mass is 79.9. The molecule has 6 heteroatoms. The maximum absolute atomic E-state index is 8.97. The smallest absolute Gasteiger partial charge is 0.0928 e. The van der Waals surface area contributed by atoms with Gasteiger partial charge in [-0.1, -0.05) is 33.6 Å². The molecule has 0 saturated carbocycles. The topological polar surface area (TPSA) is 64.1 Å². The Morgan fingerprint density at radius 3 is 2.88 bits per heavy atom. The Kier molecular flexibility index (Phi) is 3.71. The van der Waals surface area contributed by atoms with Crippen molar-refractivity contribution in [2.75, 3.05) is 12.3 Å². The monoisotopic (exact) mass is 315 g/mol. The summed E-state index contributed by atoms with van der Waals surface area (Å²) < 4.78 is 2.54. The highest BCUT2D eigenvalue weighted by molar-refractivity contribution is 9.10. The fraction of sp³-hybridized carbons (Fsp3) is 0.182. The van der Waals surface area contributed by atoms with Gasteiger partial charge in [0.25, 0.3) is 0 Å². The number of benzene rings is 1. The Labute approximate surface area is 112 Å². The Morgan fingerprint density at radius 1 is 1.47 bits per heavy atom. The normalized spacial score (nSPS) is 10.8. The number of rotatable bonds is 3. The molecule has 0 bridgehead atoms. The van der Waals surface area contributed by atoms with E-state index in [2.05, 4.69) is 21.0 Å². The number of nitrogen functional groups attached to an aromatic ring is 1. The van der Waals surface area contributed by atoms with Gasteiger partial charge >= 0.3 is 0 Å². The van der Waals surface area contributed by atoms with E-state index in [1.165, 1.54) is 0 Å². The Balaban J connectivity index is 2.55. The average Bonchev–Trinajstić information content (AvgIpc) is 2.62. The largest absolute Gasteiger partial charge is 0.396 e. The molecule has 0 aliphatic heterocycles. The molecular formula is C11H11BrClN3O. The van der Waals surface area contributed by atoms with E-state index in [-0.39, 0.29) is 6.61 Å². The van der Waals surface area contributed by atoms with Crippen LogP contribution >= 0.6 is 27.5 Å². The third kappa shape index (κ3) is 2.46. The van der Waals surface area contributed by atoms with E-state index in [0.29, 0.717) is 17.3 Å². The van der Waals surface area contributed by atoms with Crippen LogP contribution in [0.3, 0.4) is 0 Å². The SMILES string of the molecule is Nc1cnn(CCO)c1-c1ccc(Br)cc1Cl. The summed E-state index contributed by atoms with van der Waals surface area (Å²) in [6, 6.07) is 5.55. The van der Waals surface area contributed by atoms with Crippen molar-refractivity contribution in [3.05, 3.63) is 33.9 Å². The number of halogens is 2. The van der Waals surface area contributed by atoms with Gasteiger partial charge in [0, 0.05) is 10.0 Å². The minimum absolute atomic E-state index is 0.00225. The first-order valence-electron chi connectivity index (χ1n) is 5.01. The number of aliphatic hydroxyl groups excluding tert-OH is 1. The van der Waals surface area contributed by atoms with Gasteiger partial charge in [-0.25, -0.2) is 0 Å². The van der Waals surface area contributed by atoms with Gasteiger partial charge < -0.3 is 10.8 Å². The number of hydrogen-bond donors (Lipinski definition) is 2. The van der Waals surface area contributed by atoms with Crippen LogP contribution in [-0.2, 0) is 6.54 Å². The number of hydrogen-bond acceptors (Lipinski definition) is 3. The summed E-state index contributed by atoms with van der Waals surface area (Å²) in [6.45, 7) is 0.390. The summed E-state index contributed by atoms with van der Waals surface area (Å²) in [4.78, 5) is 0. The van der Waals surface area contributed by atoms with Crippen molar-refractivity contribution < 1.29 is 5.11 Å². The van der Waals surface area contributed by atoms with Gasteiger partial charge in [0.05, 0.1) is 35.8 Å². The van der Waals surface area contributed by atoms with Gasteiger partial charge in [0.1, 0.15) is 0 Å². The van der Waals surface area contributed by atoms with Crippen LogP contribution < -0.4 is 5.73 Å². The summed E-state index contributed by atoms with van der Waals surface area (Å²) in [6.07, 6.45) is 1.56. The van der Waals surface area contributed by atoms with Gasteiger partial charge in [-0.3, -0.25) is 4.68 Å². The molecular weight excluding hydrogens is 305 g/mol. The third-order valence-electron chi connectivity index (χ3n) is 2.37. The van der Waals surface area contributed by atoms with Gasteiger partial charge in [0.2, 0.25) is 0 Å². The second kappa shape index (κ2) is 5.08. The summed E-state index contributed by atoms with van der Waals surface area (Å²) >= 11 is 9.53. The maximum Gasteiger partial charge on any atom is 0.0928 e. The number of nitrogens with zero attached hydrogens (tertiary/aromatic N) is 2. The van der Waals surface area contributed by atoms with Crippen molar-refractivity contribution in [2.45, 2.75) is 6.54 Å². The molecule has 0 atom stereocenters. The van der Waals surface area contributed by atoms with Crippen molar-refractivity contribution in [3.8, 4) is 11.3 Å². The van der Waals surface area contributed by atoms with Crippen LogP contribution in [0.2, 0.25) is 5.02 Å². The highest BCUT2D eigenvalue weighted by Crippen LogP contribution is 2.33. The van der Waals surface area contributed by atoms with E-state index in [0.717, 1.165) is 15.7 Å². The quantitative estimate of drug-likeness (QED) is 0.914. The van der Waals surface area contributed by atoms with E-state index in [1.54, 1.807) is 16.9 Å². The summed E-state index contributed by atoms with van der Waals surface area (Å²) in [5.41, 5.74) is 7.96. The first-order valence-corrected chi connectivity index (χ1v) is 6.18. The van der Waals surface area contributed by atoms with E-state index >= 15 is 0 Å². The van der Waals surface area contributed by atoms with Crippen LogP contribution in [0.25, 0.3) is 11.3 Å². The van der Waals surface area contributed by atoms with Gasteiger partial charge in [-0.05, 0) is 12.1 Å². The van der Waals surface area contributed by atoms with Crippen molar-refractivity contribution in [1.82, 2.24) is 9.78 Å². The number of aliphatic hydroxyl groups is 1. The average molecular weight is 317 g/mol. The molecule has 0 aliphatic rings. The maximum atomic E-state index is 8.97. The van der Waals surface area contributed by atoms with E-state index in [4.69, 9.17) is 22.4 Å². The van der Waals surface area contributed by atoms with E-state index in [9.17, 15) is 0 Å². The van der Waals surface area contributed by atoms with Crippen LogP contribution in [0.5, 0.6) is 0 Å². The molecule has 1 aromatic heterocycles. The van der Waals surface area contributed by atoms with Crippen molar-refractivity contribution >= 4 is 33.2 Å². The fourth-order valence-corrected chi connectivity index (χ4v) is 2.40. The molecule has 17 heavy (non-hydrogen) atoms. The number of anilines is 1. The number of nitrogens with two attached hydrogens (primary N) is 1. The zero-order valence-corrected chi connectivity index (χ0v) is 11.2. The van der Waals surface area contributed by atoms with Crippen molar-refractivity contribution in [1.29, 1.82) is 0 Å². The van der Waals surface area contributed by atoms with Gasteiger partial charge in [0.15, 0.2) is 0 Å². The molecule has 90 valence electrons. The Bertz CT molecular complexity index is 542. The van der Waals surface area contributed by atoms with Crippen LogP contribution in [-0.4, -0.2) is 21.5 Å². The molecule has 0 saturated heterocycles. The fourth-order valence-electron chi connectivity index (χ4n) is 1.64. The molecule has 2 rings (SSSR count). The first-order chi connectivity index (χ1) is 8.13. The molecule has 1 heterocycles. The lowest BCUT2D eigenvalue weighted by Crippen LogP contribution is -2.06. The molecule has 2 aromatic rings. The minimum atomic E-state index is 0.00225. The molecule has 1 aromatic carbocycles. The summed E-state index contributed by atoms with van der Waals surface area (Å²) in [7, 11) is 0. The zero-order chi connectivity index (χ0) is 12.4. The van der Waals surface area contributed by atoms with Crippen molar-refractivity contribution in [2.24, 2.45) is 0 Å². The highest BCUT2D eigenvalue weighted by Gasteiger charge is 2.13. The molecule has 3 N–H and O–H groups in total. The van der Waals surface area contributed by atoms with E-state index in [1.807, 2.05) is 12.1 Å². The molecule has 0 amide bonds. The second-order valence-corrected chi connectivity index (χ2v) is 4.84. The lowest BCUT2D eigenvalue weighted by Gasteiger charge is -2.09. The Hall–Kier alpha value is -1.04. The molecule has 0 fully saturated rings. The van der Waals surface area contributed by atoms with Crippen LogP contribution in [0.1, 0.15) is 0 Å². The van der Waals surface area contributed by atoms with Crippen LogP contribution in [0.15, 0.2) is 28.9 Å². The lowest BCUT2D eigenvalue weighted by molar-refractivity contribution is 0.270. The standard InChI is InChI=1S/C11H11BrClN3O/c12-7-1-2-8(9(13)5-7)11-10(14)6-15-16(11)3-4-17/h1-2,5-6,17H,3-4,14H2. The molecule has 0 aliphatic carbocycles. The van der Waals surface area contributed by atoms with E-state index < -0.39 is 0 Å². The second-order valence-electron chi connectivity index (χ2n) is 3.52. The van der Waals surface area contributed by atoms with Crippen molar-refractivity contribution in [3.63, 3.8) is 0 Å². The molecule has 4 nitrogen and oxygen atoms in total. The molecule has 0 unspecified atom stereocenters. The summed E-state index contributed by atoms with van der Waals surface area (Å²) in [5, 5.41) is 13.7. The van der Waals surface area contributed by atoms with Crippen LogP contribution in [0.4, 0.5) is 5.69 Å². The zero-order valence-electron chi connectivity index (χ0n) is 8.90. The predicted octanol–water partition coefficient (Wildman–Crippen LogP) is 2.54.